The minimum Gasteiger partial charge on any atom is -0.351 e. The molecular formula is C11H26O4Si. The van der Waals surface area contributed by atoms with Crippen molar-refractivity contribution in [1.82, 2.24) is 0 Å². The third kappa shape index (κ3) is 6.60. The van der Waals surface area contributed by atoms with Gasteiger partial charge in [0.2, 0.25) is 0 Å². The zero-order chi connectivity index (χ0) is 12.8. The van der Waals surface area contributed by atoms with Crippen molar-refractivity contribution < 1.29 is 17.7 Å². The quantitative estimate of drug-likeness (QED) is 0.651. The summed E-state index contributed by atoms with van der Waals surface area (Å²) in [5, 5.41) is 0. The van der Waals surface area contributed by atoms with E-state index < -0.39 is 9.05 Å². The second kappa shape index (κ2) is 6.71. The first-order chi connectivity index (χ1) is 7.24. The molecule has 5 heteroatoms. The van der Waals surface area contributed by atoms with Gasteiger partial charge in [-0.25, -0.2) is 0 Å². The minimum atomic E-state index is -2.99. The van der Waals surface area contributed by atoms with E-state index in [4.69, 9.17) is 17.7 Å². The topological polar surface area (TPSA) is 36.9 Å². The van der Waals surface area contributed by atoms with Gasteiger partial charge in [-0.2, -0.15) is 0 Å². The molecule has 0 aromatic rings. The summed E-state index contributed by atoms with van der Waals surface area (Å²) < 4.78 is 22.9. The molecule has 0 aliphatic rings. The summed E-state index contributed by atoms with van der Waals surface area (Å²) >= 11 is 0. The predicted molar refractivity (Wildman–Crippen MR) is 66.1 cm³/mol. The highest BCUT2D eigenvalue weighted by Gasteiger charge is 2.49. The number of hydrogen-bond acceptors (Lipinski definition) is 4. The standard InChI is InChI=1S/C11H26O4Si/c1-8-12-16(13-9-2,14-10(3)4)15-11(5,6)7/h10H,8-9H2,1-7H3. The van der Waals surface area contributed by atoms with E-state index in [1.165, 1.54) is 0 Å². The molecular weight excluding hydrogens is 224 g/mol. The van der Waals surface area contributed by atoms with Gasteiger partial charge in [-0.05, 0) is 48.5 Å². The van der Waals surface area contributed by atoms with Crippen LogP contribution in [0.15, 0.2) is 0 Å². The zero-order valence-electron chi connectivity index (χ0n) is 11.6. The maximum Gasteiger partial charge on any atom is 0.680 e. The lowest BCUT2D eigenvalue weighted by molar-refractivity contribution is -0.0843. The summed E-state index contributed by atoms with van der Waals surface area (Å²) in [5.74, 6) is 0. The van der Waals surface area contributed by atoms with Crippen molar-refractivity contribution in [3.63, 3.8) is 0 Å². The first-order valence-electron chi connectivity index (χ1n) is 5.90. The lowest BCUT2D eigenvalue weighted by Crippen LogP contribution is -2.54. The number of rotatable bonds is 7. The summed E-state index contributed by atoms with van der Waals surface area (Å²) in [4.78, 5) is 0. The van der Waals surface area contributed by atoms with E-state index >= 15 is 0 Å². The van der Waals surface area contributed by atoms with E-state index in [1.807, 2.05) is 48.5 Å². The highest BCUT2D eigenvalue weighted by atomic mass is 28.4. The molecule has 0 aliphatic heterocycles. The third-order valence-corrected chi connectivity index (χ3v) is 4.36. The molecule has 16 heavy (non-hydrogen) atoms. The van der Waals surface area contributed by atoms with Gasteiger partial charge in [0.1, 0.15) is 0 Å². The van der Waals surface area contributed by atoms with E-state index in [9.17, 15) is 0 Å². The summed E-state index contributed by atoms with van der Waals surface area (Å²) in [6, 6.07) is 0. The van der Waals surface area contributed by atoms with Crippen LogP contribution in [0.3, 0.4) is 0 Å². The first kappa shape index (κ1) is 16.1. The van der Waals surface area contributed by atoms with Gasteiger partial charge in [0.15, 0.2) is 0 Å². The molecule has 0 heterocycles. The highest BCUT2D eigenvalue weighted by Crippen LogP contribution is 2.21. The average molecular weight is 250 g/mol. The van der Waals surface area contributed by atoms with Crippen molar-refractivity contribution >= 4 is 9.05 Å². The Hall–Kier alpha value is 0.0569. The highest BCUT2D eigenvalue weighted by molar-refractivity contribution is 6.53. The van der Waals surface area contributed by atoms with Crippen molar-refractivity contribution in [1.29, 1.82) is 0 Å². The zero-order valence-corrected chi connectivity index (χ0v) is 12.6. The molecule has 0 amide bonds. The van der Waals surface area contributed by atoms with Crippen LogP contribution in [0.1, 0.15) is 48.5 Å². The smallest absolute Gasteiger partial charge is 0.351 e. The van der Waals surface area contributed by atoms with Crippen molar-refractivity contribution in [2.24, 2.45) is 0 Å². The summed E-state index contributed by atoms with van der Waals surface area (Å²) in [5.41, 5.74) is -0.342. The van der Waals surface area contributed by atoms with E-state index in [0.717, 1.165) is 0 Å². The molecule has 0 saturated heterocycles. The fourth-order valence-corrected chi connectivity index (χ4v) is 3.63. The van der Waals surface area contributed by atoms with Crippen molar-refractivity contribution in [2.75, 3.05) is 13.2 Å². The lowest BCUT2D eigenvalue weighted by atomic mass is 10.2. The van der Waals surface area contributed by atoms with E-state index in [2.05, 4.69) is 0 Å². The first-order valence-corrected chi connectivity index (χ1v) is 7.54. The maximum atomic E-state index is 5.89. The predicted octanol–water partition coefficient (Wildman–Crippen LogP) is 2.74. The SMILES string of the molecule is CCO[Si](OCC)(OC(C)C)OC(C)(C)C. The molecule has 0 saturated carbocycles. The summed E-state index contributed by atoms with van der Waals surface area (Å²) in [6.45, 7) is 14.7. The van der Waals surface area contributed by atoms with Gasteiger partial charge in [0.05, 0.1) is 5.60 Å². The Bertz CT molecular complexity index is 183. The van der Waals surface area contributed by atoms with Crippen LogP contribution in [0.5, 0.6) is 0 Å². The Labute approximate surface area is 101 Å². The van der Waals surface area contributed by atoms with Gasteiger partial charge in [0, 0.05) is 19.3 Å². The molecule has 0 atom stereocenters. The van der Waals surface area contributed by atoms with Crippen LogP contribution in [0.4, 0.5) is 0 Å². The Morgan fingerprint density at radius 1 is 1.00 bits per heavy atom. The molecule has 0 fully saturated rings. The van der Waals surface area contributed by atoms with Crippen molar-refractivity contribution in [3.8, 4) is 0 Å². The van der Waals surface area contributed by atoms with Crippen LogP contribution in [0, 0.1) is 0 Å². The minimum absolute atomic E-state index is 0.0205. The summed E-state index contributed by atoms with van der Waals surface area (Å²) in [6.07, 6.45) is 0.0205. The van der Waals surface area contributed by atoms with Gasteiger partial charge in [-0.15, -0.1) is 0 Å². The van der Waals surface area contributed by atoms with Crippen LogP contribution in [0.2, 0.25) is 0 Å². The fraction of sp³-hybridized carbons (Fsp3) is 1.00. The molecule has 0 spiro atoms. The van der Waals surface area contributed by atoms with Gasteiger partial charge < -0.3 is 17.7 Å². The lowest BCUT2D eigenvalue weighted by Gasteiger charge is -2.34. The van der Waals surface area contributed by atoms with Crippen LogP contribution in [0.25, 0.3) is 0 Å². The second-order valence-corrected chi connectivity index (χ2v) is 6.76. The van der Waals surface area contributed by atoms with Crippen LogP contribution >= 0.6 is 0 Å². The second-order valence-electron chi connectivity index (χ2n) is 4.75. The molecule has 98 valence electrons. The largest absolute Gasteiger partial charge is 0.680 e. The Morgan fingerprint density at radius 3 is 1.69 bits per heavy atom. The monoisotopic (exact) mass is 250 g/mol. The van der Waals surface area contributed by atoms with Crippen LogP contribution in [-0.2, 0) is 17.7 Å². The third-order valence-electron chi connectivity index (χ3n) is 1.45. The Balaban J connectivity index is 4.77. The van der Waals surface area contributed by atoms with Crippen molar-refractivity contribution in [2.45, 2.75) is 60.2 Å². The number of hydrogen-bond donors (Lipinski definition) is 0. The maximum absolute atomic E-state index is 5.89. The fourth-order valence-electron chi connectivity index (χ4n) is 1.21. The molecule has 0 aromatic heterocycles. The Morgan fingerprint density at radius 2 is 1.44 bits per heavy atom. The molecule has 4 nitrogen and oxygen atoms in total. The molecule has 0 N–H and O–H groups in total. The Kier molecular flexibility index (Phi) is 6.73. The van der Waals surface area contributed by atoms with Crippen LogP contribution in [-0.4, -0.2) is 34.0 Å². The van der Waals surface area contributed by atoms with Crippen LogP contribution < -0.4 is 0 Å². The molecule has 0 aromatic carbocycles. The van der Waals surface area contributed by atoms with Gasteiger partial charge >= 0.3 is 9.05 Å². The molecule has 0 unspecified atom stereocenters. The van der Waals surface area contributed by atoms with Crippen molar-refractivity contribution in [3.05, 3.63) is 0 Å². The van der Waals surface area contributed by atoms with Gasteiger partial charge in [0.25, 0.3) is 0 Å². The molecule has 0 radical (unpaired) electrons. The summed E-state index contributed by atoms with van der Waals surface area (Å²) in [7, 11) is -2.99. The van der Waals surface area contributed by atoms with E-state index in [-0.39, 0.29) is 11.7 Å². The van der Waals surface area contributed by atoms with Gasteiger partial charge in [-0.3, -0.25) is 0 Å². The molecule has 0 aliphatic carbocycles. The molecule has 0 rings (SSSR count). The van der Waals surface area contributed by atoms with E-state index in [1.54, 1.807) is 0 Å². The van der Waals surface area contributed by atoms with E-state index in [0.29, 0.717) is 13.2 Å². The molecule has 0 bridgehead atoms. The normalized spacial score (nSPS) is 13.5. The average Bonchev–Trinajstić information content (AvgIpc) is 1.98. The van der Waals surface area contributed by atoms with Gasteiger partial charge in [-0.1, -0.05) is 0 Å².